The van der Waals surface area contributed by atoms with Gasteiger partial charge in [-0.05, 0) is 56.9 Å². The lowest BCUT2D eigenvalue weighted by atomic mass is 9.75. The topological polar surface area (TPSA) is 26.3 Å². The number of esters is 1. The molecule has 4 rings (SSSR count). The van der Waals surface area contributed by atoms with E-state index in [0.717, 1.165) is 44.9 Å². The van der Waals surface area contributed by atoms with E-state index in [1.165, 1.54) is 28.7 Å². The molecule has 0 bridgehead atoms. The fourth-order valence-corrected chi connectivity index (χ4v) is 4.67. The molecule has 4 aliphatic carbocycles. The maximum atomic E-state index is 13.3. The van der Waals surface area contributed by atoms with Gasteiger partial charge < -0.3 is 4.74 Å². The second-order valence-electron chi connectivity index (χ2n) is 7.74. The number of hydrogen-bond donors (Lipinski definition) is 0. The highest BCUT2D eigenvalue weighted by Gasteiger charge is 2.38. The van der Waals surface area contributed by atoms with Crippen molar-refractivity contribution < 1.29 is 9.53 Å². The molecule has 2 atom stereocenters. The number of carbonyl (C=O) groups is 1. The first-order valence-corrected chi connectivity index (χ1v) is 10.1. The molecule has 136 valence electrons. The first-order chi connectivity index (χ1) is 12.8. The molecule has 0 heterocycles. The van der Waals surface area contributed by atoms with Gasteiger partial charge in [-0.1, -0.05) is 65.3 Å². The second-order valence-corrected chi connectivity index (χ2v) is 7.74. The molecule has 0 aliphatic heterocycles. The first kappa shape index (κ1) is 17.3. The summed E-state index contributed by atoms with van der Waals surface area (Å²) in [7, 11) is 0. The van der Waals surface area contributed by atoms with Gasteiger partial charge in [-0.2, -0.15) is 0 Å². The summed E-state index contributed by atoms with van der Waals surface area (Å²) in [6.45, 7) is 0.429. The van der Waals surface area contributed by atoms with E-state index in [9.17, 15) is 4.79 Å². The fourth-order valence-electron chi connectivity index (χ4n) is 4.67. The van der Waals surface area contributed by atoms with Crippen molar-refractivity contribution in [3.05, 3.63) is 70.9 Å². The summed E-state index contributed by atoms with van der Waals surface area (Å²) in [5.74, 6) is 0.0274. The van der Waals surface area contributed by atoms with Gasteiger partial charge in [0.1, 0.15) is 6.61 Å². The van der Waals surface area contributed by atoms with Crippen LogP contribution in [0.15, 0.2) is 70.9 Å². The summed E-state index contributed by atoms with van der Waals surface area (Å²) in [5, 5.41) is 0. The minimum absolute atomic E-state index is 0.0310. The minimum atomic E-state index is -0.136. The van der Waals surface area contributed by atoms with Gasteiger partial charge in [-0.15, -0.1) is 0 Å². The van der Waals surface area contributed by atoms with Crippen LogP contribution in [0.5, 0.6) is 0 Å². The van der Waals surface area contributed by atoms with Gasteiger partial charge in [0.25, 0.3) is 0 Å². The third-order valence-corrected chi connectivity index (χ3v) is 5.99. The van der Waals surface area contributed by atoms with Crippen LogP contribution >= 0.6 is 0 Å². The fraction of sp³-hybridized carbons (Fsp3) is 0.458. The van der Waals surface area contributed by atoms with E-state index in [1.807, 2.05) is 6.08 Å². The summed E-state index contributed by atoms with van der Waals surface area (Å²) in [6.07, 6.45) is 26.1. The van der Waals surface area contributed by atoms with Gasteiger partial charge in [-0.25, -0.2) is 0 Å². The molecule has 2 heteroatoms. The normalized spacial score (nSPS) is 23.5. The molecule has 0 aromatic heterocycles. The Balaban J connectivity index is 1.58. The average Bonchev–Trinajstić information content (AvgIpc) is 3.44. The highest BCUT2D eigenvalue weighted by Crippen LogP contribution is 2.43. The lowest BCUT2D eigenvalue weighted by Crippen LogP contribution is -2.30. The maximum absolute atomic E-state index is 13.3. The molecule has 0 aromatic rings. The number of carbonyl (C=O) groups excluding carboxylic acids is 1. The van der Waals surface area contributed by atoms with Crippen molar-refractivity contribution in [3.63, 3.8) is 0 Å². The molecule has 0 saturated carbocycles. The van der Waals surface area contributed by atoms with E-state index in [0.29, 0.717) is 6.61 Å². The minimum Gasteiger partial charge on any atom is -0.461 e. The molecule has 0 aromatic carbocycles. The zero-order valence-corrected chi connectivity index (χ0v) is 15.5. The average molecular weight is 348 g/mol. The van der Waals surface area contributed by atoms with Crippen LogP contribution in [0.3, 0.4) is 0 Å². The largest absolute Gasteiger partial charge is 0.461 e. The van der Waals surface area contributed by atoms with Gasteiger partial charge in [-0.3, -0.25) is 4.79 Å². The van der Waals surface area contributed by atoms with Gasteiger partial charge in [0.2, 0.25) is 0 Å². The predicted octanol–water partition coefficient (Wildman–Crippen LogP) is 5.76. The van der Waals surface area contributed by atoms with Crippen molar-refractivity contribution in [2.45, 2.75) is 51.4 Å². The Kier molecular flexibility index (Phi) is 5.38. The Morgan fingerprint density at radius 3 is 2.27 bits per heavy atom. The lowest BCUT2D eigenvalue weighted by Gasteiger charge is -2.30. The molecule has 0 amide bonds. The molecule has 2 nitrogen and oxygen atoms in total. The zero-order valence-electron chi connectivity index (χ0n) is 15.5. The summed E-state index contributed by atoms with van der Waals surface area (Å²) in [6, 6.07) is 0. The van der Waals surface area contributed by atoms with Crippen LogP contribution in [0.25, 0.3) is 0 Å². The van der Waals surface area contributed by atoms with Crippen molar-refractivity contribution >= 4 is 5.97 Å². The standard InChI is InChI=1S/C24H28O2/c25-24(26-17-18-9-1-2-10-18)23(21-15-7-8-16-21)22(19-11-3-4-12-19)20-13-5-6-14-20/h1-4,9,11,13,15,22-23H,5-8,10,12,14,16-17H2. The quantitative estimate of drug-likeness (QED) is 0.432. The van der Waals surface area contributed by atoms with E-state index in [2.05, 4.69) is 42.5 Å². The molecule has 0 N–H and O–H groups in total. The second kappa shape index (κ2) is 8.07. The smallest absolute Gasteiger partial charge is 0.314 e. The molecule has 2 unspecified atom stereocenters. The van der Waals surface area contributed by atoms with Crippen LogP contribution in [0.4, 0.5) is 0 Å². The Hall–Kier alpha value is -2.09. The monoisotopic (exact) mass is 348 g/mol. The van der Waals surface area contributed by atoms with Crippen molar-refractivity contribution in [2.75, 3.05) is 6.61 Å². The van der Waals surface area contributed by atoms with Crippen molar-refractivity contribution in [1.29, 1.82) is 0 Å². The summed E-state index contributed by atoms with van der Waals surface area (Å²) < 4.78 is 5.84. The third kappa shape index (κ3) is 3.70. The molecule has 0 fully saturated rings. The van der Waals surface area contributed by atoms with E-state index in [4.69, 9.17) is 4.74 Å². The predicted molar refractivity (Wildman–Crippen MR) is 105 cm³/mol. The Bertz CT molecular complexity index is 740. The van der Waals surface area contributed by atoms with Gasteiger partial charge in [0, 0.05) is 5.92 Å². The van der Waals surface area contributed by atoms with Crippen molar-refractivity contribution in [1.82, 2.24) is 0 Å². The Morgan fingerprint density at radius 2 is 1.65 bits per heavy atom. The lowest BCUT2D eigenvalue weighted by molar-refractivity contribution is -0.147. The van der Waals surface area contributed by atoms with E-state index >= 15 is 0 Å². The molecule has 0 radical (unpaired) electrons. The highest BCUT2D eigenvalue weighted by molar-refractivity contribution is 5.78. The van der Waals surface area contributed by atoms with Crippen molar-refractivity contribution in [3.8, 4) is 0 Å². The molecular weight excluding hydrogens is 320 g/mol. The molecule has 26 heavy (non-hydrogen) atoms. The van der Waals surface area contributed by atoms with Crippen LogP contribution in [0.1, 0.15) is 51.4 Å². The van der Waals surface area contributed by atoms with Gasteiger partial charge >= 0.3 is 5.97 Å². The SMILES string of the molecule is O=C(OCC1=CC=CC1)C(C1=CCCC1)C(C1=CC=CC1)C1=CCCC1. The highest BCUT2D eigenvalue weighted by atomic mass is 16.5. The van der Waals surface area contributed by atoms with Crippen LogP contribution in [0, 0.1) is 11.8 Å². The van der Waals surface area contributed by atoms with Gasteiger partial charge in [0.05, 0.1) is 5.92 Å². The molecular formula is C24H28O2. The van der Waals surface area contributed by atoms with Crippen LogP contribution in [0.2, 0.25) is 0 Å². The Morgan fingerprint density at radius 1 is 0.923 bits per heavy atom. The molecule has 0 spiro atoms. The summed E-state index contributed by atoms with van der Waals surface area (Å²) in [4.78, 5) is 13.3. The molecule has 4 aliphatic rings. The maximum Gasteiger partial charge on any atom is 0.314 e. The van der Waals surface area contributed by atoms with E-state index in [1.54, 1.807) is 0 Å². The van der Waals surface area contributed by atoms with Crippen LogP contribution < -0.4 is 0 Å². The summed E-state index contributed by atoms with van der Waals surface area (Å²) in [5.41, 5.74) is 5.33. The molecule has 0 saturated heterocycles. The number of allylic oxidation sites excluding steroid dienone is 10. The number of ether oxygens (including phenoxy) is 1. The number of hydrogen-bond acceptors (Lipinski definition) is 2. The van der Waals surface area contributed by atoms with Gasteiger partial charge in [0.15, 0.2) is 0 Å². The summed E-state index contributed by atoms with van der Waals surface area (Å²) >= 11 is 0. The van der Waals surface area contributed by atoms with Crippen LogP contribution in [-0.2, 0) is 9.53 Å². The first-order valence-electron chi connectivity index (χ1n) is 10.1. The van der Waals surface area contributed by atoms with E-state index < -0.39 is 0 Å². The third-order valence-electron chi connectivity index (χ3n) is 5.99. The Labute approximate surface area is 156 Å². The van der Waals surface area contributed by atoms with E-state index in [-0.39, 0.29) is 17.8 Å². The van der Waals surface area contributed by atoms with Crippen LogP contribution in [-0.4, -0.2) is 12.6 Å². The van der Waals surface area contributed by atoms with Crippen molar-refractivity contribution in [2.24, 2.45) is 11.8 Å². The zero-order chi connectivity index (χ0) is 17.8. The number of rotatable bonds is 7.